The van der Waals surface area contributed by atoms with Gasteiger partial charge in [0.05, 0.1) is 19.1 Å². The molecular formula is C13H16N6O6S2. The second-order valence-electron chi connectivity index (χ2n) is 5.12. The van der Waals surface area contributed by atoms with Crippen molar-refractivity contribution >= 4 is 37.7 Å². The monoisotopic (exact) mass is 416 g/mol. The fraction of sp³-hybridized carbons (Fsp3) is 0.231. The molecule has 0 radical (unpaired) electrons. The number of methoxy groups -OCH3 is 1. The highest BCUT2D eigenvalue weighted by Gasteiger charge is 2.23. The minimum Gasteiger partial charge on any atom is -0.467 e. The van der Waals surface area contributed by atoms with Gasteiger partial charge in [0.1, 0.15) is 10.7 Å². The van der Waals surface area contributed by atoms with Crippen LogP contribution in [0.25, 0.3) is 0 Å². The fourth-order valence-electron chi connectivity index (χ4n) is 1.89. The Kier molecular flexibility index (Phi) is 5.80. The number of hydrogen-bond donors (Lipinski definition) is 3. The maximum Gasteiger partial charge on any atom is 0.335 e. The van der Waals surface area contributed by atoms with Crippen molar-refractivity contribution in [1.29, 1.82) is 0 Å². The third kappa shape index (κ3) is 5.75. The largest absolute Gasteiger partial charge is 0.467 e. The molecular weight excluding hydrogens is 400 g/mol. The number of amides is 2. The van der Waals surface area contributed by atoms with Crippen molar-refractivity contribution in [2.75, 3.05) is 23.4 Å². The van der Waals surface area contributed by atoms with Gasteiger partial charge in [-0.3, -0.25) is 10.0 Å². The summed E-state index contributed by atoms with van der Waals surface area (Å²) in [4.78, 5) is 23.0. The van der Waals surface area contributed by atoms with Crippen LogP contribution in [0.5, 0.6) is 6.01 Å². The molecule has 2 amide bonds. The van der Waals surface area contributed by atoms with Gasteiger partial charge in [0.15, 0.2) is 0 Å². The van der Waals surface area contributed by atoms with E-state index in [-0.39, 0.29) is 23.5 Å². The van der Waals surface area contributed by atoms with Crippen molar-refractivity contribution < 1.29 is 26.4 Å². The quantitative estimate of drug-likeness (QED) is 0.589. The molecule has 3 N–H and O–H groups in total. The van der Waals surface area contributed by atoms with Gasteiger partial charge in [-0.15, -0.1) is 0 Å². The smallest absolute Gasteiger partial charge is 0.335 e. The Labute approximate surface area is 155 Å². The van der Waals surface area contributed by atoms with Crippen LogP contribution in [0.4, 0.5) is 16.4 Å². The maximum atomic E-state index is 12.4. The van der Waals surface area contributed by atoms with Gasteiger partial charge in [-0.2, -0.15) is 15.0 Å². The Bertz CT molecular complexity index is 1070. The molecule has 0 fully saturated rings. The lowest BCUT2D eigenvalue weighted by atomic mass is 10.3. The minimum absolute atomic E-state index is 0.0663. The number of aromatic nitrogens is 3. The van der Waals surface area contributed by atoms with E-state index in [0.29, 0.717) is 0 Å². The number of aryl methyl sites for hydroxylation is 1. The summed E-state index contributed by atoms with van der Waals surface area (Å²) in [6.07, 6.45) is 0.868. The Hall–Kier alpha value is -3.00. The molecule has 1 heterocycles. The summed E-state index contributed by atoms with van der Waals surface area (Å²) in [6.45, 7) is 1.52. The van der Waals surface area contributed by atoms with E-state index in [0.717, 1.165) is 12.3 Å². The molecule has 0 aliphatic carbocycles. The van der Waals surface area contributed by atoms with E-state index in [9.17, 15) is 21.6 Å². The Balaban J connectivity index is 2.24. The first-order valence-electron chi connectivity index (χ1n) is 7.17. The van der Waals surface area contributed by atoms with E-state index in [2.05, 4.69) is 25.0 Å². The zero-order chi connectivity index (χ0) is 20.2. The van der Waals surface area contributed by atoms with E-state index < -0.39 is 31.0 Å². The van der Waals surface area contributed by atoms with Crippen LogP contribution in [0.2, 0.25) is 0 Å². The number of rotatable bonds is 6. The van der Waals surface area contributed by atoms with Crippen LogP contribution in [0.15, 0.2) is 29.2 Å². The first-order valence-corrected chi connectivity index (χ1v) is 10.5. The van der Waals surface area contributed by atoms with Gasteiger partial charge < -0.3 is 4.74 Å². The molecule has 0 aliphatic rings. The van der Waals surface area contributed by atoms with Crippen molar-refractivity contribution in [3.63, 3.8) is 0 Å². The number of anilines is 2. The molecule has 1 aromatic carbocycles. The molecule has 12 nitrogen and oxygen atoms in total. The number of nitrogens with zero attached hydrogens (tertiary/aromatic N) is 3. The summed E-state index contributed by atoms with van der Waals surface area (Å²) in [7, 11) is -6.82. The third-order valence-electron chi connectivity index (χ3n) is 2.83. The predicted molar refractivity (Wildman–Crippen MR) is 95.4 cm³/mol. The maximum absolute atomic E-state index is 12.4. The molecule has 0 aliphatic heterocycles. The lowest BCUT2D eigenvalue weighted by Gasteiger charge is -2.12. The van der Waals surface area contributed by atoms with E-state index in [4.69, 9.17) is 4.74 Å². The number of nitrogens with one attached hydrogen (secondary N) is 3. The minimum atomic E-state index is -4.40. The summed E-state index contributed by atoms with van der Waals surface area (Å²) in [5.74, 6) is 0.0114. The van der Waals surface area contributed by atoms with E-state index in [1.807, 2.05) is 0 Å². The van der Waals surface area contributed by atoms with Crippen molar-refractivity contribution in [3.05, 3.63) is 30.1 Å². The molecule has 2 aromatic rings. The summed E-state index contributed by atoms with van der Waals surface area (Å²) >= 11 is 0. The third-order valence-corrected chi connectivity index (χ3v) is 4.81. The number of ether oxygens (including phenoxy) is 1. The van der Waals surface area contributed by atoms with Gasteiger partial charge >= 0.3 is 12.0 Å². The highest BCUT2D eigenvalue weighted by molar-refractivity contribution is 7.92. The summed E-state index contributed by atoms with van der Waals surface area (Å²) < 4.78 is 56.3. The Morgan fingerprint density at radius 1 is 1.07 bits per heavy atom. The van der Waals surface area contributed by atoms with Crippen molar-refractivity contribution in [2.45, 2.75) is 11.8 Å². The summed E-state index contributed by atoms with van der Waals surface area (Å²) in [5.41, 5.74) is -0.210. The van der Waals surface area contributed by atoms with E-state index in [1.165, 1.54) is 32.2 Å². The average molecular weight is 416 g/mol. The molecule has 1 aromatic heterocycles. The fourth-order valence-corrected chi connectivity index (χ4v) is 3.61. The normalized spacial score (nSPS) is 11.5. The van der Waals surface area contributed by atoms with E-state index >= 15 is 0 Å². The van der Waals surface area contributed by atoms with Crippen LogP contribution < -0.4 is 19.5 Å². The molecule has 27 heavy (non-hydrogen) atoms. The highest BCUT2D eigenvalue weighted by Crippen LogP contribution is 2.21. The Morgan fingerprint density at radius 2 is 1.74 bits per heavy atom. The summed E-state index contributed by atoms with van der Waals surface area (Å²) in [6, 6.07) is 3.97. The average Bonchev–Trinajstić information content (AvgIpc) is 2.52. The number of sulfonamides is 2. The van der Waals surface area contributed by atoms with Crippen molar-refractivity contribution in [3.8, 4) is 6.01 Å². The van der Waals surface area contributed by atoms with Crippen LogP contribution in [-0.2, 0) is 20.0 Å². The lowest BCUT2D eigenvalue weighted by molar-refractivity contribution is 0.256. The molecule has 0 spiro atoms. The molecule has 14 heteroatoms. The molecule has 0 saturated heterocycles. The van der Waals surface area contributed by atoms with Crippen molar-refractivity contribution in [2.24, 2.45) is 0 Å². The van der Waals surface area contributed by atoms with Gasteiger partial charge in [0, 0.05) is 0 Å². The number of benzene rings is 1. The standard InChI is InChI=1S/C13H16N6O6S2/c1-8-14-11(17-13(15-8)25-2)16-12(20)19-27(23,24)10-7-5-4-6-9(10)18-26(3,21)22/h4-7,18H,1-3H3,(H2,14,15,16,17,19,20). The predicted octanol–water partition coefficient (Wildman–Crippen LogP) is 0.0705. The Morgan fingerprint density at radius 3 is 2.37 bits per heavy atom. The lowest BCUT2D eigenvalue weighted by Crippen LogP contribution is -2.35. The molecule has 0 saturated carbocycles. The zero-order valence-corrected chi connectivity index (χ0v) is 16.1. The van der Waals surface area contributed by atoms with Crippen LogP contribution in [0, 0.1) is 6.92 Å². The van der Waals surface area contributed by atoms with Crippen LogP contribution in [0.3, 0.4) is 0 Å². The number of carbonyl (C=O) groups is 1. The second-order valence-corrected chi connectivity index (χ2v) is 8.52. The molecule has 0 atom stereocenters. The van der Waals surface area contributed by atoms with Crippen LogP contribution in [-0.4, -0.2) is 51.2 Å². The number of carbonyl (C=O) groups excluding carboxylic acids is 1. The zero-order valence-electron chi connectivity index (χ0n) is 14.4. The van der Waals surface area contributed by atoms with Gasteiger partial charge in [0.2, 0.25) is 16.0 Å². The molecule has 2 rings (SSSR count). The first kappa shape index (κ1) is 20.3. The van der Waals surface area contributed by atoms with Gasteiger partial charge in [-0.1, -0.05) is 12.1 Å². The number of hydrogen-bond acceptors (Lipinski definition) is 9. The van der Waals surface area contributed by atoms with Crippen LogP contribution in [0.1, 0.15) is 5.82 Å². The highest BCUT2D eigenvalue weighted by atomic mass is 32.2. The number of para-hydroxylation sites is 1. The molecule has 146 valence electrons. The SMILES string of the molecule is COc1nc(C)nc(NC(=O)NS(=O)(=O)c2ccccc2NS(C)(=O)=O)n1. The first-order chi connectivity index (χ1) is 12.5. The van der Waals surface area contributed by atoms with Crippen LogP contribution >= 0.6 is 0 Å². The summed E-state index contributed by atoms with van der Waals surface area (Å²) in [5, 5.41) is 2.14. The van der Waals surface area contributed by atoms with Gasteiger partial charge in [-0.05, 0) is 19.1 Å². The molecule has 0 bridgehead atoms. The van der Waals surface area contributed by atoms with Gasteiger partial charge in [0.25, 0.3) is 10.0 Å². The van der Waals surface area contributed by atoms with Crippen molar-refractivity contribution in [1.82, 2.24) is 19.7 Å². The van der Waals surface area contributed by atoms with E-state index in [1.54, 1.807) is 4.72 Å². The topological polar surface area (TPSA) is 169 Å². The number of urea groups is 1. The second kappa shape index (κ2) is 7.71. The van der Waals surface area contributed by atoms with Gasteiger partial charge in [-0.25, -0.2) is 26.4 Å². The molecule has 0 unspecified atom stereocenters.